The lowest BCUT2D eigenvalue weighted by atomic mass is 10.1. The summed E-state index contributed by atoms with van der Waals surface area (Å²) in [7, 11) is 3.33. The number of likely N-dealkylation sites (N-methyl/N-ethyl adjacent to an activating group) is 1. The number of rotatable bonds is 8. The number of aromatic nitrogens is 6. The van der Waals surface area contributed by atoms with Gasteiger partial charge < -0.3 is 15.0 Å². The van der Waals surface area contributed by atoms with Crippen molar-refractivity contribution in [1.29, 1.82) is 0 Å². The minimum atomic E-state index is -2.99. The van der Waals surface area contributed by atoms with E-state index in [1.807, 2.05) is 19.2 Å². The van der Waals surface area contributed by atoms with E-state index >= 15 is 4.39 Å². The van der Waals surface area contributed by atoms with E-state index in [0.717, 1.165) is 24.2 Å². The third kappa shape index (κ3) is 5.48. The molecule has 39 heavy (non-hydrogen) atoms. The van der Waals surface area contributed by atoms with E-state index in [0.29, 0.717) is 23.6 Å². The van der Waals surface area contributed by atoms with Gasteiger partial charge in [0, 0.05) is 31.4 Å². The third-order valence-corrected chi connectivity index (χ3v) is 6.56. The zero-order valence-electron chi connectivity index (χ0n) is 21.7. The van der Waals surface area contributed by atoms with Crippen molar-refractivity contribution in [2.45, 2.75) is 39.4 Å². The summed E-state index contributed by atoms with van der Waals surface area (Å²) < 4.78 is 50.6. The quantitative estimate of drug-likeness (QED) is 0.366. The largest absolute Gasteiger partial charge is 0.494 e. The molecule has 1 aliphatic heterocycles. The maximum absolute atomic E-state index is 15.2. The first-order valence-electron chi connectivity index (χ1n) is 12.3. The number of alkyl halides is 2. The Morgan fingerprint density at radius 2 is 2.03 bits per heavy atom. The highest BCUT2D eigenvalue weighted by molar-refractivity contribution is 5.95. The van der Waals surface area contributed by atoms with Crippen LogP contribution in [0.3, 0.4) is 0 Å². The summed E-state index contributed by atoms with van der Waals surface area (Å²) in [6, 6.07) is 6.83. The number of ether oxygens (including phenoxy) is 1. The third-order valence-electron chi connectivity index (χ3n) is 6.56. The van der Waals surface area contributed by atoms with E-state index in [1.165, 1.54) is 28.7 Å². The van der Waals surface area contributed by atoms with Crippen molar-refractivity contribution in [3.63, 3.8) is 0 Å². The summed E-state index contributed by atoms with van der Waals surface area (Å²) in [5, 5.41) is 14.4. The number of nitrogens with one attached hydrogen (secondary N) is 1. The van der Waals surface area contributed by atoms with Gasteiger partial charge in [0.05, 0.1) is 48.2 Å². The molecule has 0 saturated heterocycles. The number of fused-ring (bicyclic) bond motifs is 1. The molecule has 0 saturated carbocycles. The Morgan fingerprint density at radius 3 is 2.74 bits per heavy atom. The molecule has 13 heteroatoms. The average Bonchev–Trinajstić information content (AvgIpc) is 3.54. The highest BCUT2D eigenvalue weighted by Crippen LogP contribution is 2.27. The fourth-order valence-corrected chi connectivity index (χ4v) is 4.55. The molecule has 1 N–H and O–H groups in total. The Morgan fingerprint density at radius 1 is 1.21 bits per heavy atom. The highest BCUT2D eigenvalue weighted by Gasteiger charge is 2.25. The summed E-state index contributed by atoms with van der Waals surface area (Å²) in [6.45, 7) is 3.18. The number of benzene rings is 1. The first-order chi connectivity index (χ1) is 18.7. The predicted molar refractivity (Wildman–Crippen MR) is 134 cm³/mol. The van der Waals surface area contributed by atoms with E-state index in [2.05, 4.69) is 30.6 Å². The molecule has 0 radical (unpaired) electrons. The zero-order chi connectivity index (χ0) is 27.7. The van der Waals surface area contributed by atoms with Crippen LogP contribution in [0.5, 0.6) is 5.75 Å². The summed E-state index contributed by atoms with van der Waals surface area (Å²) in [5.74, 6) is -1.57. The van der Waals surface area contributed by atoms with E-state index in [4.69, 9.17) is 4.74 Å². The molecule has 1 aliphatic rings. The molecule has 0 bridgehead atoms. The standard InChI is InChI=1S/C26H27F3N8O2/c1-15-11-37(34-32-15)21-6-7-22(39-3)23(27)18(21)10-30-26(38)19-13-36(33-24(19)25(28)29)12-17-5-4-16-8-9-35(2)14-20(16)31-17/h4-7,11,13,25H,8-10,12,14H2,1-3H3,(H,30,38). The lowest BCUT2D eigenvalue weighted by Crippen LogP contribution is -2.27. The minimum Gasteiger partial charge on any atom is -0.494 e. The molecule has 5 rings (SSSR count). The molecule has 204 valence electrons. The number of pyridine rings is 1. The molecule has 4 aromatic rings. The summed E-state index contributed by atoms with van der Waals surface area (Å²) in [5.41, 5.74) is 2.77. The van der Waals surface area contributed by atoms with E-state index in [1.54, 1.807) is 19.2 Å². The molecular weight excluding hydrogens is 513 g/mol. The maximum Gasteiger partial charge on any atom is 0.282 e. The van der Waals surface area contributed by atoms with E-state index < -0.39 is 23.8 Å². The molecule has 1 amide bonds. The van der Waals surface area contributed by atoms with Crippen LogP contribution >= 0.6 is 0 Å². The van der Waals surface area contributed by atoms with Crippen LogP contribution in [0.1, 0.15) is 50.7 Å². The SMILES string of the molecule is COc1ccc(-n2cc(C)nn2)c(CNC(=O)c2cn(Cc3ccc4c(n3)CN(C)CC4)nc2C(F)F)c1F. The number of nitrogens with zero attached hydrogens (tertiary/aromatic N) is 7. The Hall–Kier alpha value is -4.26. The molecule has 4 heterocycles. The number of methoxy groups -OCH3 is 1. The molecule has 0 fully saturated rings. The highest BCUT2D eigenvalue weighted by atomic mass is 19.3. The van der Waals surface area contributed by atoms with E-state index in [-0.39, 0.29) is 30.0 Å². The van der Waals surface area contributed by atoms with Crippen molar-refractivity contribution in [2.75, 3.05) is 20.7 Å². The molecule has 0 aliphatic carbocycles. The molecule has 1 aromatic carbocycles. The molecule has 3 aromatic heterocycles. The normalized spacial score (nSPS) is 13.5. The molecule has 10 nitrogen and oxygen atoms in total. The van der Waals surface area contributed by atoms with Gasteiger partial charge in [0.1, 0.15) is 5.69 Å². The van der Waals surface area contributed by atoms with Gasteiger partial charge in [-0.3, -0.25) is 14.5 Å². The molecule has 0 unspecified atom stereocenters. The molecule has 0 spiro atoms. The summed E-state index contributed by atoms with van der Waals surface area (Å²) >= 11 is 0. The van der Waals surface area contributed by atoms with Crippen LogP contribution in [0.15, 0.2) is 36.7 Å². The lowest BCUT2D eigenvalue weighted by molar-refractivity contribution is 0.0936. The molecular formula is C26H27F3N8O2. The number of hydrogen-bond acceptors (Lipinski definition) is 7. The average molecular weight is 541 g/mol. The van der Waals surface area contributed by atoms with Gasteiger partial charge in [0.2, 0.25) is 0 Å². The first kappa shape index (κ1) is 26.4. The fraction of sp³-hybridized carbons (Fsp3) is 0.346. The van der Waals surface area contributed by atoms with E-state index in [9.17, 15) is 13.6 Å². The lowest BCUT2D eigenvalue weighted by Gasteiger charge is -2.24. The van der Waals surface area contributed by atoms with Gasteiger partial charge in [-0.1, -0.05) is 11.3 Å². The van der Waals surface area contributed by atoms with Crippen LogP contribution in [-0.2, 0) is 26.1 Å². The number of hydrogen-bond donors (Lipinski definition) is 1. The van der Waals surface area contributed by atoms with Gasteiger partial charge in [-0.25, -0.2) is 17.9 Å². The van der Waals surface area contributed by atoms with Crippen molar-refractivity contribution >= 4 is 5.91 Å². The van der Waals surface area contributed by atoms with Crippen LogP contribution < -0.4 is 10.1 Å². The van der Waals surface area contributed by atoms with Crippen LogP contribution in [-0.4, -0.2) is 61.3 Å². The van der Waals surface area contributed by atoms with Crippen molar-refractivity contribution in [3.05, 3.63) is 81.9 Å². The topological polar surface area (TPSA) is 103 Å². The summed E-state index contributed by atoms with van der Waals surface area (Å²) in [6.07, 6.45) is 0.762. The van der Waals surface area contributed by atoms with Gasteiger partial charge in [-0.2, -0.15) is 5.10 Å². The Bertz CT molecular complexity index is 1520. The van der Waals surface area contributed by atoms with Gasteiger partial charge in [-0.05, 0) is 44.2 Å². The minimum absolute atomic E-state index is 0.0373. The second-order valence-electron chi connectivity index (χ2n) is 9.39. The van der Waals surface area contributed by atoms with Gasteiger partial charge in [-0.15, -0.1) is 5.10 Å². The van der Waals surface area contributed by atoms with Crippen LogP contribution in [0.25, 0.3) is 5.69 Å². The van der Waals surface area contributed by atoms with Gasteiger partial charge in [0.25, 0.3) is 12.3 Å². The fourth-order valence-electron chi connectivity index (χ4n) is 4.55. The first-order valence-corrected chi connectivity index (χ1v) is 12.3. The Kier molecular flexibility index (Phi) is 7.33. The number of amides is 1. The zero-order valence-corrected chi connectivity index (χ0v) is 21.7. The number of carbonyl (C=O) groups excluding carboxylic acids is 1. The predicted octanol–water partition coefficient (Wildman–Crippen LogP) is 3.22. The number of aryl methyl sites for hydroxylation is 1. The van der Waals surface area contributed by atoms with Crippen LogP contribution in [0, 0.1) is 12.7 Å². The van der Waals surface area contributed by atoms with Crippen molar-refractivity contribution in [3.8, 4) is 11.4 Å². The van der Waals surface area contributed by atoms with Gasteiger partial charge in [0.15, 0.2) is 11.6 Å². The van der Waals surface area contributed by atoms with Crippen molar-refractivity contribution < 1.29 is 22.7 Å². The maximum atomic E-state index is 15.2. The van der Waals surface area contributed by atoms with Crippen LogP contribution in [0.2, 0.25) is 0 Å². The monoisotopic (exact) mass is 540 g/mol. The van der Waals surface area contributed by atoms with Crippen molar-refractivity contribution in [2.24, 2.45) is 0 Å². The second-order valence-corrected chi connectivity index (χ2v) is 9.39. The number of halogens is 3. The van der Waals surface area contributed by atoms with Crippen molar-refractivity contribution in [1.82, 2.24) is 40.0 Å². The Labute approximate surface area is 222 Å². The molecule has 0 atom stereocenters. The number of carbonyl (C=O) groups is 1. The second kappa shape index (κ2) is 10.8. The smallest absolute Gasteiger partial charge is 0.282 e. The summed E-state index contributed by atoms with van der Waals surface area (Å²) in [4.78, 5) is 19.9. The van der Waals surface area contributed by atoms with Crippen LogP contribution in [0.4, 0.5) is 13.2 Å². The van der Waals surface area contributed by atoms with Gasteiger partial charge >= 0.3 is 0 Å². The Balaban J connectivity index is 1.38.